The molecule has 1 aliphatic rings. The van der Waals surface area contributed by atoms with Gasteiger partial charge in [-0.25, -0.2) is 0 Å². The van der Waals surface area contributed by atoms with Crippen molar-refractivity contribution in [1.29, 1.82) is 0 Å². The fourth-order valence-electron chi connectivity index (χ4n) is 2.56. The predicted molar refractivity (Wildman–Crippen MR) is 83.1 cm³/mol. The first-order chi connectivity index (χ1) is 9.08. The zero-order chi connectivity index (χ0) is 13.8. The summed E-state index contributed by atoms with van der Waals surface area (Å²) >= 11 is 3.48. The number of benzene rings is 1. The molecule has 0 saturated heterocycles. The summed E-state index contributed by atoms with van der Waals surface area (Å²) in [6.45, 7) is 1.96. The summed E-state index contributed by atoms with van der Waals surface area (Å²) in [7, 11) is 0. The fraction of sp³-hybridized carbons (Fsp3) is 0.533. The fourth-order valence-corrected chi connectivity index (χ4v) is 3.12. The minimum absolute atomic E-state index is 0.130. The molecule has 1 fully saturated rings. The first-order valence-electron chi connectivity index (χ1n) is 6.94. The molecule has 104 valence electrons. The Hall–Kier alpha value is -1.03. The molecule has 0 aromatic heterocycles. The van der Waals surface area contributed by atoms with Crippen molar-refractivity contribution in [1.82, 2.24) is 0 Å². The molecule has 3 nitrogen and oxygen atoms in total. The van der Waals surface area contributed by atoms with Gasteiger partial charge < -0.3 is 11.1 Å². The number of hydrogen-bond donors (Lipinski definition) is 2. The molecule has 4 heteroatoms. The Bertz CT molecular complexity index is 465. The number of rotatable bonds is 2. The van der Waals surface area contributed by atoms with Crippen LogP contribution in [-0.2, 0) is 4.79 Å². The lowest BCUT2D eigenvalue weighted by Crippen LogP contribution is -2.22. The van der Waals surface area contributed by atoms with Crippen molar-refractivity contribution in [3.8, 4) is 0 Å². The van der Waals surface area contributed by atoms with Crippen LogP contribution in [0.1, 0.15) is 44.1 Å². The van der Waals surface area contributed by atoms with Crippen LogP contribution >= 0.6 is 15.9 Å². The monoisotopic (exact) mass is 324 g/mol. The summed E-state index contributed by atoms with van der Waals surface area (Å²) in [6.07, 6.45) is 6.84. The number of carbonyl (C=O) groups is 1. The highest BCUT2D eigenvalue weighted by Gasteiger charge is 2.20. The Morgan fingerprint density at radius 2 is 1.89 bits per heavy atom. The Morgan fingerprint density at radius 1 is 1.26 bits per heavy atom. The average Bonchev–Trinajstić information content (AvgIpc) is 2.64. The van der Waals surface area contributed by atoms with Gasteiger partial charge in [-0.2, -0.15) is 0 Å². The largest absolute Gasteiger partial charge is 0.398 e. The van der Waals surface area contributed by atoms with Crippen molar-refractivity contribution in [2.75, 3.05) is 11.1 Å². The first-order valence-corrected chi connectivity index (χ1v) is 7.73. The molecule has 1 aromatic rings. The number of nitrogens with one attached hydrogen (secondary N) is 1. The van der Waals surface area contributed by atoms with Gasteiger partial charge in [0.25, 0.3) is 0 Å². The van der Waals surface area contributed by atoms with Gasteiger partial charge in [-0.05, 0) is 53.4 Å². The number of anilines is 2. The zero-order valence-electron chi connectivity index (χ0n) is 11.3. The molecule has 0 aliphatic heterocycles. The van der Waals surface area contributed by atoms with E-state index in [1.54, 1.807) is 0 Å². The van der Waals surface area contributed by atoms with E-state index in [0.29, 0.717) is 5.69 Å². The highest BCUT2D eigenvalue weighted by molar-refractivity contribution is 9.10. The number of nitrogen functional groups attached to an aromatic ring is 1. The molecular formula is C15H21BrN2O. The normalized spacial score (nSPS) is 16.9. The van der Waals surface area contributed by atoms with Crippen LogP contribution < -0.4 is 11.1 Å². The molecule has 1 saturated carbocycles. The van der Waals surface area contributed by atoms with E-state index in [9.17, 15) is 4.79 Å². The Labute approximate surface area is 123 Å². The predicted octanol–water partition coefficient (Wildman–Crippen LogP) is 4.25. The van der Waals surface area contributed by atoms with E-state index < -0.39 is 0 Å². The van der Waals surface area contributed by atoms with Crippen LogP contribution in [-0.4, -0.2) is 5.91 Å². The summed E-state index contributed by atoms with van der Waals surface area (Å²) in [4.78, 5) is 12.3. The molecule has 3 N–H and O–H groups in total. The van der Waals surface area contributed by atoms with Crippen molar-refractivity contribution in [2.24, 2.45) is 5.92 Å². The van der Waals surface area contributed by atoms with Crippen LogP contribution in [0, 0.1) is 12.8 Å². The van der Waals surface area contributed by atoms with E-state index in [2.05, 4.69) is 21.2 Å². The molecule has 0 heterocycles. The van der Waals surface area contributed by atoms with E-state index >= 15 is 0 Å². The Balaban J connectivity index is 2.07. The van der Waals surface area contributed by atoms with Crippen LogP contribution in [0.2, 0.25) is 0 Å². The van der Waals surface area contributed by atoms with Gasteiger partial charge in [-0.3, -0.25) is 4.79 Å². The average molecular weight is 325 g/mol. The van der Waals surface area contributed by atoms with Crippen molar-refractivity contribution in [3.05, 3.63) is 22.2 Å². The van der Waals surface area contributed by atoms with E-state index in [0.717, 1.165) is 41.4 Å². The molecule has 0 atom stereocenters. The van der Waals surface area contributed by atoms with Crippen molar-refractivity contribution < 1.29 is 4.79 Å². The standard InChI is InChI=1S/C15H21BrN2O/c1-10-8-12(16)14(9-13(10)17)18-15(19)11-6-4-2-3-5-7-11/h8-9,11H,2-7,17H2,1H3,(H,18,19). The minimum atomic E-state index is 0.130. The maximum Gasteiger partial charge on any atom is 0.227 e. The number of halogens is 1. The molecule has 0 spiro atoms. The van der Waals surface area contributed by atoms with Gasteiger partial charge in [0.05, 0.1) is 5.69 Å². The van der Waals surface area contributed by atoms with Crippen LogP contribution in [0.25, 0.3) is 0 Å². The van der Waals surface area contributed by atoms with E-state index in [4.69, 9.17) is 5.73 Å². The summed E-state index contributed by atoms with van der Waals surface area (Å²) in [5.74, 6) is 0.280. The molecule has 19 heavy (non-hydrogen) atoms. The van der Waals surface area contributed by atoms with Gasteiger partial charge in [0, 0.05) is 16.1 Å². The highest BCUT2D eigenvalue weighted by atomic mass is 79.9. The zero-order valence-corrected chi connectivity index (χ0v) is 12.9. The molecule has 1 aromatic carbocycles. The maximum atomic E-state index is 12.3. The lowest BCUT2D eigenvalue weighted by molar-refractivity contribution is -0.120. The quantitative estimate of drug-likeness (QED) is 0.631. The minimum Gasteiger partial charge on any atom is -0.398 e. The highest BCUT2D eigenvalue weighted by Crippen LogP contribution is 2.30. The summed E-state index contributed by atoms with van der Waals surface area (Å²) in [5.41, 5.74) is 8.39. The van der Waals surface area contributed by atoms with Crippen LogP contribution in [0.4, 0.5) is 11.4 Å². The Morgan fingerprint density at radius 3 is 2.53 bits per heavy atom. The molecular weight excluding hydrogens is 304 g/mol. The number of aryl methyl sites for hydroxylation is 1. The molecule has 0 radical (unpaired) electrons. The van der Waals surface area contributed by atoms with Crippen LogP contribution in [0.5, 0.6) is 0 Å². The summed E-state index contributed by atoms with van der Waals surface area (Å²) in [5, 5.41) is 3.01. The number of amides is 1. The van der Waals surface area contributed by atoms with Crippen LogP contribution in [0.3, 0.4) is 0 Å². The first kappa shape index (κ1) is 14.4. The van der Waals surface area contributed by atoms with Crippen LogP contribution in [0.15, 0.2) is 16.6 Å². The number of hydrogen-bond acceptors (Lipinski definition) is 2. The summed E-state index contributed by atoms with van der Waals surface area (Å²) in [6, 6.07) is 3.77. The second-order valence-electron chi connectivity index (χ2n) is 5.37. The SMILES string of the molecule is Cc1cc(Br)c(NC(=O)C2CCCCCC2)cc1N. The smallest absolute Gasteiger partial charge is 0.227 e. The van der Waals surface area contributed by atoms with Crippen molar-refractivity contribution in [2.45, 2.75) is 45.4 Å². The third kappa shape index (κ3) is 3.72. The van der Waals surface area contributed by atoms with Gasteiger partial charge >= 0.3 is 0 Å². The third-order valence-electron chi connectivity index (χ3n) is 3.84. The lowest BCUT2D eigenvalue weighted by Gasteiger charge is -2.16. The van der Waals surface area contributed by atoms with Gasteiger partial charge in [0.2, 0.25) is 5.91 Å². The van der Waals surface area contributed by atoms with Crippen molar-refractivity contribution in [3.63, 3.8) is 0 Å². The van der Waals surface area contributed by atoms with Gasteiger partial charge in [-0.1, -0.05) is 25.7 Å². The molecule has 0 unspecified atom stereocenters. The Kier molecular flexibility index (Phi) is 4.86. The third-order valence-corrected chi connectivity index (χ3v) is 4.50. The van der Waals surface area contributed by atoms with E-state index in [1.165, 1.54) is 12.8 Å². The summed E-state index contributed by atoms with van der Waals surface area (Å²) < 4.78 is 0.890. The van der Waals surface area contributed by atoms with Crippen molar-refractivity contribution >= 4 is 33.2 Å². The lowest BCUT2D eigenvalue weighted by atomic mass is 9.99. The van der Waals surface area contributed by atoms with E-state index in [-0.39, 0.29) is 11.8 Å². The second-order valence-corrected chi connectivity index (χ2v) is 6.22. The van der Waals surface area contributed by atoms with Gasteiger partial charge in [0.1, 0.15) is 0 Å². The molecule has 2 rings (SSSR count). The second kappa shape index (κ2) is 6.42. The number of nitrogens with two attached hydrogens (primary N) is 1. The topological polar surface area (TPSA) is 55.1 Å². The van der Waals surface area contributed by atoms with E-state index in [1.807, 2.05) is 19.1 Å². The van der Waals surface area contributed by atoms with Gasteiger partial charge in [0.15, 0.2) is 0 Å². The maximum absolute atomic E-state index is 12.3. The molecule has 1 amide bonds. The molecule has 1 aliphatic carbocycles. The number of carbonyl (C=O) groups excluding carboxylic acids is 1. The molecule has 0 bridgehead atoms. The van der Waals surface area contributed by atoms with Gasteiger partial charge in [-0.15, -0.1) is 0 Å².